The molecule has 1 rings (SSSR count). The van der Waals surface area contributed by atoms with Crippen molar-refractivity contribution in [1.82, 2.24) is 4.98 Å². The van der Waals surface area contributed by atoms with Crippen LogP contribution in [0.3, 0.4) is 0 Å². The molecule has 0 aliphatic heterocycles. The summed E-state index contributed by atoms with van der Waals surface area (Å²) in [5, 5.41) is 0. The smallest absolute Gasteiger partial charge is 0.418 e. The number of carbonyl (C=O) groups is 1. The highest BCUT2D eigenvalue weighted by Crippen LogP contribution is 2.31. The number of nitrogens with zero attached hydrogens (tertiary/aromatic N) is 1. The Morgan fingerprint density at radius 3 is 2.65 bits per heavy atom. The summed E-state index contributed by atoms with van der Waals surface area (Å²) in [4.78, 5) is 14.8. The van der Waals surface area contributed by atoms with E-state index in [1.807, 2.05) is 0 Å². The minimum Gasteiger partial charge on any atom is -0.461 e. The molecule has 0 saturated heterocycles. The first-order valence-corrected chi connectivity index (χ1v) is 4.78. The van der Waals surface area contributed by atoms with Crippen LogP contribution in [0.5, 0.6) is 0 Å². The Labute approximate surface area is 95.9 Å². The third kappa shape index (κ3) is 3.05. The van der Waals surface area contributed by atoms with E-state index >= 15 is 0 Å². The summed E-state index contributed by atoms with van der Waals surface area (Å²) >= 11 is 0. The monoisotopic (exact) mass is 245 g/mol. The van der Waals surface area contributed by atoms with Gasteiger partial charge in [0.05, 0.1) is 17.9 Å². The number of pyridine rings is 1. The van der Waals surface area contributed by atoms with Crippen LogP contribution in [0, 0.1) is 0 Å². The van der Waals surface area contributed by atoms with Crippen molar-refractivity contribution in [2.45, 2.75) is 13.1 Å². The second kappa shape index (κ2) is 4.99. The normalized spacial score (nSPS) is 11.1. The van der Waals surface area contributed by atoms with E-state index in [2.05, 4.69) is 16.3 Å². The zero-order valence-corrected chi connectivity index (χ0v) is 9.04. The lowest BCUT2D eigenvalue weighted by molar-refractivity contribution is -0.138. The van der Waals surface area contributed by atoms with Crippen LogP contribution in [0.15, 0.2) is 18.7 Å². The Balaban J connectivity index is 3.18. The second-order valence-corrected chi connectivity index (χ2v) is 3.05. The quantitative estimate of drug-likeness (QED) is 0.768. The lowest BCUT2D eigenvalue weighted by Gasteiger charge is -2.10. The summed E-state index contributed by atoms with van der Waals surface area (Å²) < 4.78 is 42.2. The van der Waals surface area contributed by atoms with E-state index in [1.54, 1.807) is 6.92 Å². The molecule has 0 fully saturated rings. The average Bonchev–Trinajstić information content (AvgIpc) is 2.27. The molecule has 0 unspecified atom stereocenters. The Morgan fingerprint density at radius 1 is 1.53 bits per heavy atom. The van der Waals surface area contributed by atoms with E-state index < -0.39 is 17.7 Å². The average molecular weight is 245 g/mol. The van der Waals surface area contributed by atoms with Gasteiger partial charge in [-0.05, 0) is 25.1 Å². The van der Waals surface area contributed by atoms with Crippen LogP contribution >= 0.6 is 0 Å². The molecular weight excluding hydrogens is 235 g/mol. The number of rotatable bonds is 3. The maximum Gasteiger partial charge on any atom is 0.418 e. The highest BCUT2D eigenvalue weighted by molar-refractivity contribution is 5.87. The van der Waals surface area contributed by atoms with E-state index in [0.29, 0.717) is 0 Å². The van der Waals surface area contributed by atoms with E-state index in [9.17, 15) is 18.0 Å². The predicted molar refractivity (Wildman–Crippen MR) is 55.3 cm³/mol. The molecule has 0 bridgehead atoms. The zero-order chi connectivity index (χ0) is 13.1. The third-order valence-corrected chi connectivity index (χ3v) is 1.91. The van der Waals surface area contributed by atoms with Gasteiger partial charge in [-0.15, -0.1) is 0 Å². The Bertz CT molecular complexity index is 441. The molecule has 92 valence electrons. The van der Waals surface area contributed by atoms with Crippen molar-refractivity contribution in [3.63, 3.8) is 0 Å². The van der Waals surface area contributed by atoms with Crippen LogP contribution in [0.4, 0.5) is 13.2 Å². The van der Waals surface area contributed by atoms with Crippen LogP contribution in [-0.4, -0.2) is 17.6 Å². The fraction of sp³-hybridized carbons (Fsp3) is 0.273. The van der Waals surface area contributed by atoms with Crippen LogP contribution in [-0.2, 0) is 10.9 Å². The molecule has 0 aliphatic carbocycles. The number of ether oxygens (including phenoxy) is 1. The van der Waals surface area contributed by atoms with E-state index in [-0.39, 0.29) is 18.0 Å². The maximum atomic E-state index is 12.5. The number of alkyl halides is 3. The summed E-state index contributed by atoms with van der Waals surface area (Å²) in [6.07, 6.45) is -3.57. The molecule has 1 aromatic rings. The fourth-order valence-corrected chi connectivity index (χ4v) is 1.19. The summed E-state index contributed by atoms with van der Waals surface area (Å²) in [6, 6.07) is 1.77. The van der Waals surface area contributed by atoms with Crippen LogP contribution in [0.2, 0.25) is 0 Å². The maximum absolute atomic E-state index is 12.5. The van der Waals surface area contributed by atoms with E-state index in [0.717, 1.165) is 18.2 Å². The molecule has 0 saturated carbocycles. The number of carbonyl (C=O) groups excluding carboxylic acids is 1. The summed E-state index contributed by atoms with van der Waals surface area (Å²) in [7, 11) is 0. The molecule has 0 aliphatic rings. The van der Waals surface area contributed by atoms with Crippen molar-refractivity contribution in [3.8, 4) is 0 Å². The molecule has 6 heteroatoms. The van der Waals surface area contributed by atoms with E-state index in [1.165, 1.54) is 0 Å². The van der Waals surface area contributed by atoms with Gasteiger partial charge in [0.1, 0.15) is 5.69 Å². The third-order valence-electron chi connectivity index (χ3n) is 1.91. The minimum atomic E-state index is -4.52. The van der Waals surface area contributed by atoms with Gasteiger partial charge in [0, 0.05) is 0 Å². The summed E-state index contributed by atoms with van der Waals surface area (Å²) in [5.41, 5.74) is -1.49. The Hall–Kier alpha value is -1.85. The van der Waals surface area contributed by atoms with Crippen LogP contribution < -0.4 is 0 Å². The number of hydrogen-bond donors (Lipinski definition) is 0. The number of hydrogen-bond acceptors (Lipinski definition) is 3. The van der Waals surface area contributed by atoms with Crippen molar-refractivity contribution >= 4 is 12.0 Å². The van der Waals surface area contributed by atoms with Crippen molar-refractivity contribution in [2.75, 3.05) is 6.61 Å². The molecular formula is C11H10F3NO2. The van der Waals surface area contributed by atoms with Gasteiger partial charge in [0.2, 0.25) is 0 Å². The summed E-state index contributed by atoms with van der Waals surface area (Å²) in [5.74, 6) is -0.760. The molecule has 0 atom stereocenters. The van der Waals surface area contributed by atoms with Gasteiger partial charge in [-0.3, -0.25) is 0 Å². The number of aromatic nitrogens is 1. The van der Waals surface area contributed by atoms with Gasteiger partial charge >= 0.3 is 12.1 Å². The zero-order valence-electron chi connectivity index (χ0n) is 9.04. The van der Waals surface area contributed by atoms with Gasteiger partial charge in [-0.1, -0.05) is 6.58 Å². The second-order valence-electron chi connectivity index (χ2n) is 3.05. The molecule has 0 amide bonds. The molecule has 0 spiro atoms. The molecule has 17 heavy (non-hydrogen) atoms. The Kier molecular flexibility index (Phi) is 3.88. The first-order valence-electron chi connectivity index (χ1n) is 4.78. The lowest BCUT2D eigenvalue weighted by atomic mass is 10.1. The highest BCUT2D eigenvalue weighted by Gasteiger charge is 2.33. The predicted octanol–water partition coefficient (Wildman–Crippen LogP) is 2.92. The number of halogens is 3. The fourth-order valence-electron chi connectivity index (χ4n) is 1.19. The highest BCUT2D eigenvalue weighted by atomic mass is 19.4. The molecule has 1 heterocycles. The van der Waals surface area contributed by atoms with Crippen molar-refractivity contribution in [1.29, 1.82) is 0 Å². The molecule has 0 aromatic carbocycles. The van der Waals surface area contributed by atoms with Crippen molar-refractivity contribution in [2.24, 2.45) is 0 Å². The molecule has 3 nitrogen and oxygen atoms in total. The largest absolute Gasteiger partial charge is 0.461 e. The molecule has 0 radical (unpaired) electrons. The van der Waals surface area contributed by atoms with E-state index in [4.69, 9.17) is 0 Å². The number of esters is 1. The van der Waals surface area contributed by atoms with Gasteiger partial charge in [0.25, 0.3) is 0 Å². The SMILES string of the molecule is C=Cc1nc(C(=O)OCC)ccc1C(F)(F)F. The van der Waals surface area contributed by atoms with Crippen molar-refractivity contribution < 1.29 is 22.7 Å². The van der Waals surface area contributed by atoms with Gasteiger partial charge in [-0.25, -0.2) is 9.78 Å². The summed E-state index contributed by atoms with van der Waals surface area (Å²) in [6.45, 7) is 4.96. The molecule has 0 N–H and O–H groups in total. The Morgan fingerprint density at radius 2 is 2.18 bits per heavy atom. The van der Waals surface area contributed by atoms with Crippen LogP contribution in [0.1, 0.15) is 28.7 Å². The topological polar surface area (TPSA) is 39.2 Å². The lowest BCUT2D eigenvalue weighted by Crippen LogP contribution is -2.13. The first kappa shape index (κ1) is 13.2. The standard InChI is InChI=1S/C11H10F3NO2/c1-3-8-7(11(12,13)14)5-6-9(15-8)10(16)17-4-2/h3,5-6H,1,4H2,2H3. The minimum absolute atomic E-state index is 0.130. The molecule has 1 aromatic heterocycles. The van der Waals surface area contributed by atoms with Crippen molar-refractivity contribution in [3.05, 3.63) is 35.7 Å². The van der Waals surface area contributed by atoms with Gasteiger partial charge in [-0.2, -0.15) is 13.2 Å². The van der Waals surface area contributed by atoms with Crippen LogP contribution in [0.25, 0.3) is 6.08 Å². The van der Waals surface area contributed by atoms with Gasteiger partial charge in [0.15, 0.2) is 0 Å². The first-order chi connectivity index (χ1) is 7.90. The van der Waals surface area contributed by atoms with Gasteiger partial charge < -0.3 is 4.74 Å².